The van der Waals surface area contributed by atoms with Crippen LogP contribution in [-0.2, 0) is 17.6 Å². The van der Waals surface area contributed by atoms with E-state index in [0.29, 0.717) is 18.8 Å². The van der Waals surface area contributed by atoms with Gasteiger partial charge in [0.1, 0.15) is 5.60 Å². The molecule has 2 heterocycles. The molecule has 1 aliphatic heterocycles. The average molecular weight is 263 g/mol. The highest BCUT2D eigenvalue weighted by atomic mass is 16.6. The van der Waals surface area contributed by atoms with Crippen molar-refractivity contribution >= 4 is 11.8 Å². The molecule has 5 heteroatoms. The number of nitrogen functional groups attached to an aromatic ring is 1. The largest absolute Gasteiger partial charge is 0.444 e. The van der Waals surface area contributed by atoms with Crippen LogP contribution in [-0.4, -0.2) is 34.7 Å². The quantitative estimate of drug-likeness (QED) is 0.777. The third-order valence-electron chi connectivity index (χ3n) is 3.00. The van der Waals surface area contributed by atoms with E-state index in [-0.39, 0.29) is 6.09 Å². The van der Waals surface area contributed by atoms with Gasteiger partial charge < -0.3 is 15.4 Å². The van der Waals surface area contributed by atoms with Crippen molar-refractivity contribution in [3.05, 3.63) is 23.5 Å². The molecule has 2 N–H and O–H groups in total. The zero-order valence-corrected chi connectivity index (χ0v) is 11.8. The fourth-order valence-corrected chi connectivity index (χ4v) is 2.12. The van der Waals surface area contributed by atoms with Gasteiger partial charge in [-0.2, -0.15) is 0 Å². The molecule has 0 atom stereocenters. The number of nitrogens with two attached hydrogens (primary N) is 1. The molecule has 2 rings (SSSR count). The maximum atomic E-state index is 12.0. The van der Waals surface area contributed by atoms with Gasteiger partial charge in [-0.15, -0.1) is 0 Å². The van der Waals surface area contributed by atoms with Gasteiger partial charge in [0.05, 0.1) is 11.9 Å². The zero-order chi connectivity index (χ0) is 14.0. The van der Waals surface area contributed by atoms with Gasteiger partial charge in [-0.25, -0.2) is 4.79 Å². The molecule has 1 aromatic heterocycles. The highest BCUT2D eigenvalue weighted by molar-refractivity contribution is 5.68. The van der Waals surface area contributed by atoms with E-state index in [2.05, 4.69) is 4.98 Å². The van der Waals surface area contributed by atoms with Gasteiger partial charge in [0.15, 0.2) is 0 Å². The maximum absolute atomic E-state index is 12.0. The van der Waals surface area contributed by atoms with Gasteiger partial charge in [-0.1, -0.05) is 0 Å². The van der Waals surface area contributed by atoms with E-state index in [1.54, 1.807) is 11.1 Å². The molecule has 0 aromatic carbocycles. The lowest BCUT2D eigenvalue weighted by Gasteiger charge is -2.26. The lowest BCUT2D eigenvalue weighted by Crippen LogP contribution is -2.38. The second-order valence-electron chi connectivity index (χ2n) is 5.84. The smallest absolute Gasteiger partial charge is 0.410 e. The van der Waals surface area contributed by atoms with Crippen LogP contribution in [0, 0.1) is 0 Å². The molecule has 1 aliphatic rings. The summed E-state index contributed by atoms with van der Waals surface area (Å²) in [4.78, 5) is 18.1. The minimum atomic E-state index is -0.459. The highest BCUT2D eigenvalue weighted by Crippen LogP contribution is 2.18. The minimum Gasteiger partial charge on any atom is -0.444 e. The molecule has 0 saturated carbocycles. The summed E-state index contributed by atoms with van der Waals surface area (Å²) in [5.74, 6) is 0. The van der Waals surface area contributed by atoms with Gasteiger partial charge >= 0.3 is 6.09 Å². The Morgan fingerprint density at radius 1 is 1.37 bits per heavy atom. The van der Waals surface area contributed by atoms with Gasteiger partial charge in [0.2, 0.25) is 0 Å². The first-order valence-electron chi connectivity index (χ1n) is 6.56. The fourth-order valence-electron chi connectivity index (χ4n) is 2.12. The Labute approximate surface area is 113 Å². The second-order valence-corrected chi connectivity index (χ2v) is 5.84. The zero-order valence-electron chi connectivity index (χ0n) is 11.8. The molecule has 0 bridgehead atoms. The summed E-state index contributed by atoms with van der Waals surface area (Å²) < 4.78 is 5.40. The van der Waals surface area contributed by atoms with Crippen molar-refractivity contribution in [2.24, 2.45) is 0 Å². The Kier molecular flexibility index (Phi) is 3.64. The topological polar surface area (TPSA) is 68.5 Å². The van der Waals surface area contributed by atoms with E-state index >= 15 is 0 Å². The monoisotopic (exact) mass is 263 g/mol. The Morgan fingerprint density at radius 2 is 2.05 bits per heavy atom. The first kappa shape index (κ1) is 13.6. The number of pyridine rings is 1. The Hall–Kier alpha value is -1.78. The number of ether oxygens (including phenoxy) is 1. The van der Waals surface area contributed by atoms with E-state index in [0.717, 1.165) is 24.1 Å². The number of aromatic nitrogens is 1. The number of carbonyl (C=O) groups is 1. The summed E-state index contributed by atoms with van der Waals surface area (Å²) in [5.41, 5.74) is 8.11. The van der Waals surface area contributed by atoms with E-state index < -0.39 is 5.60 Å². The molecule has 5 nitrogen and oxygen atoms in total. The highest BCUT2D eigenvalue weighted by Gasteiger charge is 2.24. The molecule has 1 aromatic rings. The summed E-state index contributed by atoms with van der Waals surface area (Å²) in [5, 5.41) is 0. The molecule has 1 amide bonds. The van der Waals surface area contributed by atoms with E-state index in [4.69, 9.17) is 10.5 Å². The first-order chi connectivity index (χ1) is 8.85. The number of fused-ring (bicyclic) bond motifs is 1. The van der Waals surface area contributed by atoms with Crippen LogP contribution in [0.1, 0.15) is 32.0 Å². The molecular formula is C14H21N3O2. The van der Waals surface area contributed by atoms with Crippen molar-refractivity contribution in [2.45, 2.75) is 39.2 Å². The van der Waals surface area contributed by atoms with Crippen LogP contribution in [0.3, 0.4) is 0 Å². The molecule has 0 unspecified atom stereocenters. The van der Waals surface area contributed by atoms with Gasteiger partial charge in [-0.3, -0.25) is 4.98 Å². The third kappa shape index (κ3) is 3.59. The SMILES string of the molecule is CC(C)(C)OC(=O)N1CCc2cc(N)cnc2CC1. The van der Waals surface area contributed by atoms with Crippen molar-refractivity contribution in [1.82, 2.24) is 9.88 Å². The average Bonchev–Trinajstić information content (AvgIpc) is 2.48. The summed E-state index contributed by atoms with van der Waals surface area (Å²) in [6, 6.07) is 1.95. The first-order valence-corrected chi connectivity index (χ1v) is 6.56. The van der Waals surface area contributed by atoms with Crippen molar-refractivity contribution < 1.29 is 9.53 Å². The van der Waals surface area contributed by atoms with Crippen LogP contribution < -0.4 is 5.73 Å². The van der Waals surface area contributed by atoms with Crippen LogP contribution >= 0.6 is 0 Å². The van der Waals surface area contributed by atoms with Crippen LogP contribution in [0.2, 0.25) is 0 Å². The molecule has 104 valence electrons. The molecule has 0 fully saturated rings. The lowest BCUT2D eigenvalue weighted by molar-refractivity contribution is 0.0258. The second kappa shape index (κ2) is 5.07. The lowest BCUT2D eigenvalue weighted by atomic mass is 10.1. The minimum absolute atomic E-state index is 0.256. The maximum Gasteiger partial charge on any atom is 0.410 e. The number of anilines is 1. The van der Waals surface area contributed by atoms with Crippen LogP contribution in [0.4, 0.5) is 10.5 Å². The van der Waals surface area contributed by atoms with Crippen LogP contribution in [0.25, 0.3) is 0 Å². The Bertz CT molecular complexity index is 480. The molecule has 0 spiro atoms. The van der Waals surface area contributed by atoms with Crippen molar-refractivity contribution in [1.29, 1.82) is 0 Å². The predicted octanol–water partition coefficient (Wildman–Crippen LogP) is 2.00. The van der Waals surface area contributed by atoms with E-state index in [9.17, 15) is 4.79 Å². The summed E-state index contributed by atoms with van der Waals surface area (Å²) in [6.07, 6.45) is 2.93. The molecule has 0 saturated heterocycles. The van der Waals surface area contributed by atoms with E-state index in [1.165, 1.54) is 0 Å². The summed E-state index contributed by atoms with van der Waals surface area (Å²) in [6.45, 7) is 6.91. The van der Waals surface area contributed by atoms with Crippen molar-refractivity contribution in [2.75, 3.05) is 18.8 Å². The van der Waals surface area contributed by atoms with Crippen molar-refractivity contribution in [3.63, 3.8) is 0 Å². The Balaban J connectivity index is 2.05. The van der Waals surface area contributed by atoms with Crippen LogP contribution in [0.15, 0.2) is 12.3 Å². The number of amides is 1. The number of hydrogen-bond acceptors (Lipinski definition) is 4. The van der Waals surface area contributed by atoms with Gasteiger partial charge in [-0.05, 0) is 38.8 Å². The van der Waals surface area contributed by atoms with Crippen LogP contribution in [0.5, 0.6) is 0 Å². The third-order valence-corrected chi connectivity index (χ3v) is 3.00. The summed E-state index contributed by atoms with van der Waals surface area (Å²) in [7, 11) is 0. The van der Waals surface area contributed by atoms with Gasteiger partial charge in [0.25, 0.3) is 0 Å². The van der Waals surface area contributed by atoms with Gasteiger partial charge in [0, 0.05) is 25.2 Å². The standard InChI is InChI=1S/C14H21N3O2/c1-14(2,3)19-13(18)17-6-4-10-8-11(15)9-16-12(10)5-7-17/h8-9H,4-7,15H2,1-3H3. The fraction of sp³-hybridized carbons (Fsp3) is 0.571. The molecule has 0 radical (unpaired) electrons. The number of hydrogen-bond donors (Lipinski definition) is 1. The Morgan fingerprint density at radius 3 is 2.74 bits per heavy atom. The normalized spacial score (nSPS) is 15.6. The molecule has 19 heavy (non-hydrogen) atoms. The molecular weight excluding hydrogens is 242 g/mol. The number of rotatable bonds is 0. The van der Waals surface area contributed by atoms with Crippen molar-refractivity contribution in [3.8, 4) is 0 Å². The number of carbonyl (C=O) groups excluding carboxylic acids is 1. The molecule has 0 aliphatic carbocycles. The van der Waals surface area contributed by atoms with E-state index in [1.807, 2.05) is 26.8 Å². The predicted molar refractivity (Wildman–Crippen MR) is 73.9 cm³/mol. The number of nitrogens with zero attached hydrogens (tertiary/aromatic N) is 2. The summed E-state index contributed by atoms with van der Waals surface area (Å²) >= 11 is 0.